The average Bonchev–Trinajstić information content (AvgIpc) is 1.85. The van der Waals surface area contributed by atoms with Crippen molar-refractivity contribution in [3.05, 3.63) is 12.7 Å². The van der Waals surface area contributed by atoms with Crippen molar-refractivity contribution in [1.29, 1.82) is 0 Å². The summed E-state index contributed by atoms with van der Waals surface area (Å²) in [5.41, 5.74) is 2.22. The molecule has 0 fully saturated rings. The Morgan fingerprint density at radius 1 is 1.89 bits per heavy atom. The lowest BCUT2D eigenvalue weighted by Gasteiger charge is -1.98. The van der Waals surface area contributed by atoms with Crippen molar-refractivity contribution in [3.63, 3.8) is 0 Å². The summed E-state index contributed by atoms with van der Waals surface area (Å²) >= 11 is 0. The SMILES string of the molecule is C=CCC(=O)NOCC. The Bertz CT molecular complexity index is 101. The third-order valence-corrected chi connectivity index (χ3v) is 0.660. The van der Waals surface area contributed by atoms with Crippen LogP contribution in [0.2, 0.25) is 0 Å². The van der Waals surface area contributed by atoms with E-state index in [0.29, 0.717) is 13.0 Å². The highest BCUT2D eigenvalue weighted by Crippen LogP contribution is 1.78. The molecule has 3 heteroatoms. The van der Waals surface area contributed by atoms with Crippen LogP contribution in [0.3, 0.4) is 0 Å². The number of rotatable bonds is 4. The number of nitrogens with one attached hydrogen (secondary N) is 1. The summed E-state index contributed by atoms with van der Waals surface area (Å²) in [6, 6.07) is 0. The van der Waals surface area contributed by atoms with Crippen molar-refractivity contribution < 1.29 is 9.63 Å². The van der Waals surface area contributed by atoms with E-state index >= 15 is 0 Å². The minimum Gasteiger partial charge on any atom is -0.274 e. The Labute approximate surface area is 54.7 Å². The Hall–Kier alpha value is -0.830. The molecule has 52 valence electrons. The van der Waals surface area contributed by atoms with E-state index in [1.165, 1.54) is 6.08 Å². The van der Waals surface area contributed by atoms with Gasteiger partial charge < -0.3 is 0 Å². The predicted molar refractivity (Wildman–Crippen MR) is 34.6 cm³/mol. The van der Waals surface area contributed by atoms with Crippen LogP contribution in [0.1, 0.15) is 13.3 Å². The van der Waals surface area contributed by atoms with Crippen molar-refractivity contribution in [2.45, 2.75) is 13.3 Å². The van der Waals surface area contributed by atoms with Gasteiger partial charge in [-0.25, -0.2) is 5.48 Å². The highest BCUT2D eigenvalue weighted by atomic mass is 16.6. The van der Waals surface area contributed by atoms with Gasteiger partial charge in [-0.1, -0.05) is 6.08 Å². The molecule has 0 aromatic carbocycles. The number of carbonyl (C=O) groups excluding carboxylic acids is 1. The summed E-state index contributed by atoms with van der Waals surface area (Å²) in [5.74, 6) is -0.160. The lowest BCUT2D eigenvalue weighted by molar-refractivity contribution is -0.132. The molecule has 1 amide bonds. The second kappa shape index (κ2) is 5.31. The maximum Gasteiger partial charge on any atom is 0.247 e. The van der Waals surface area contributed by atoms with Gasteiger partial charge in [0.1, 0.15) is 0 Å². The van der Waals surface area contributed by atoms with Crippen molar-refractivity contribution in [3.8, 4) is 0 Å². The van der Waals surface area contributed by atoms with E-state index in [2.05, 4.69) is 16.9 Å². The number of amides is 1. The number of hydrogen-bond donors (Lipinski definition) is 1. The molecule has 0 aliphatic heterocycles. The molecule has 0 heterocycles. The van der Waals surface area contributed by atoms with Crippen LogP contribution in [-0.2, 0) is 9.63 Å². The molecule has 1 N–H and O–H groups in total. The first kappa shape index (κ1) is 8.17. The fourth-order valence-electron chi connectivity index (χ4n) is 0.325. The molecule has 0 spiro atoms. The second-order valence-electron chi connectivity index (χ2n) is 1.45. The van der Waals surface area contributed by atoms with Gasteiger partial charge in [-0.05, 0) is 6.92 Å². The molecule has 9 heavy (non-hydrogen) atoms. The number of hydroxylamine groups is 1. The maximum atomic E-state index is 10.5. The largest absolute Gasteiger partial charge is 0.274 e. The summed E-state index contributed by atoms with van der Waals surface area (Å²) < 4.78 is 0. The third-order valence-electron chi connectivity index (χ3n) is 0.660. The average molecular weight is 129 g/mol. The summed E-state index contributed by atoms with van der Waals surface area (Å²) in [4.78, 5) is 15.1. The first-order valence-corrected chi connectivity index (χ1v) is 2.82. The fraction of sp³-hybridized carbons (Fsp3) is 0.500. The van der Waals surface area contributed by atoms with Gasteiger partial charge in [0, 0.05) is 6.42 Å². The predicted octanol–water partition coefficient (Wildman–Crippen LogP) is 0.630. The van der Waals surface area contributed by atoms with Crippen molar-refractivity contribution in [2.24, 2.45) is 0 Å². The van der Waals surface area contributed by atoms with Gasteiger partial charge in [0.15, 0.2) is 0 Å². The maximum absolute atomic E-state index is 10.5. The van der Waals surface area contributed by atoms with Crippen LogP contribution < -0.4 is 5.48 Å². The first-order chi connectivity index (χ1) is 4.31. The van der Waals surface area contributed by atoms with Crippen LogP contribution >= 0.6 is 0 Å². The smallest absolute Gasteiger partial charge is 0.247 e. The minimum absolute atomic E-state index is 0.160. The summed E-state index contributed by atoms with van der Waals surface area (Å²) in [7, 11) is 0. The molecule has 0 saturated carbocycles. The molecule has 3 nitrogen and oxygen atoms in total. The van der Waals surface area contributed by atoms with Crippen LogP contribution in [0.15, 0.2) is 12.7 Å². The van der Waals surface area contributed by atoms with Crippen LogP contribution in [0, 0.1) is 0 Å². The van der Waals surface area contributed by atoms with E-state index in [1.54, 1.807) is 6.92 Å². The van der Waals surface area contributed by atoms with Gasteiger partial charge in [0.05, 0.1) is 6.61 Å². The summed E-state index contributed by atoms with van der Waals surface area (Å²) in [6.07, 6.45) is 1.83. The normalized spacial score (nSPS) is 8.56. The number of carbonyl (C=O) groups is 1. The third kappa shape index (κ3) is 5.03. The van der Waals surface area contributed by atoms with Crippen LogP contribution in [0.25, 0.3) is 0 Å². The Morgan fingerprint density at radius 3 is 3.00 bits per heavy atom. The molecule has 0 aliphatic rings. The Balaban J connectivity index is 3.16. The van der Waals surface area contributed by atoms with E-state index < -0.39 is 0 Å². The summed E-state index contributed by atoms with van der Waals surface area (Å²) in [5, 5.41) is 0. The molecular formula is C6H11NO2. The van der Waals surface area contributed by atoms with Crippen molar-refractivity contribution >= 4 is 5.91 Å². The van der Waals surface area contributed by atoms with Gasteiger partial charge in [-0.3, -0.25) is 9.63 Å². The summed E-state index contributed by atoms with van der Waals surface area (Å²) in [6.45, 7) is 5.68. The molecule has 0 bridgehead atoms. The van der Waals surface area contributed by atoms with E-state index in [4.69, 9.17) is 0 Å². The van der Waals surface area contributed by atoms with Crippen molar-refractivity contribution in [1.82, 2.24) is 5.48 Å². The quantitative estimate of drug-likeness (QED) is 0.446. The Morgan fingerprint density at radius 2 is 2.56 bits per heavy atom. The van der Waals surface area contributed by atoms with E-state index in [1.807, 2.05) is 0 Å². The van der Waals surface area contributed by atoms with Gasteiger partial charge in [0.2, 0.25) is 5.91 Å². The zero-order valence-electron chi connectivity index (χ0n) is 5.52. The number of hydrogen-bond acceptors (Lipinski definition) is 2. The molecule has 0 aliphatic carbocycles. The minimum atomic E-state index is -0.160. The molecule has 0 atom stereocenters. The lowest BCUT2D eigenvalue weighted by Crippen LogP contribution is -2.22. The van der Waals surface area contributed by atoms with E-state index in [0.717, 1.165) is 0 Å². The van der Waals surface area contributed by atoms with Crippen LogP contribution in [0.4, 0.5) is 0 Å². The molecule has 0 rings (SSSR count). The van der Waals surface area contributed by atoms with Gasteiger partial charge >= 0.3 is 0 Å². The molecule has 0 aromatic heterocycles. The van der Waals surface area contributed by atoms with Gasteiger partial charge in [0.25, 0.3) is 0 Å². The van der Waals surface area contributed by atoms with Crippen LogP contribution in [0.5, 0.6) is 0 Å². The van der Waals surface area contributed by atoms with Gasteiger partial charge in [-0.2, -0.15) is 0 Å². The van der Waals surface area contributed by atoms with E-state index in [9.17, 15) is 4.79 Å². The van der Waals surface area contributed by atoms with Crippen LogP contribution in [-0.4, -0.2) is 12.5 Å². The van der Waals surface area contributed by atoms with E-state index in [-0.39, 0.29) is 5.91 Å². The lowest BCUT2D eigenvalue weighted by atomic mass is 10.4. The molecule has 0 aromatic rings. The first-order valence-electron chi connectivity index (χ1n) is 2.82. The Kier molecular flexibility index (Phi) is 4.82. The molecular weight excluding hydrogens is 118 g/mol. The highest BCUT2D eigenvalue weighted by molar-refractivity contribution is 5.76. The molecule has 0 radical (unpaired) electrons. The zero-order valence-corrected chi connectivity index (χ0v) is 5.52. The zero-order chi connectivity index (χ0) is 7.11. The fourth-order valence-corrected chi connectivity index (χ4v) is 0.325. The molecule has 0 saturated heterocycles. The monoisotopic (exact) mass is 129 g/mol. The second-order valence-corrected chi connectivity index (χ2v) is 1.45. The highest BCUT2D eigenvalue weighted by Gasteiger charge is 1.93. The topological polar surface area (TPSA) is 38.3 Å². The standard InChI is InChI=1S/C6H11NO2/c1-3-5-6(8)7-9-4-2/h3H,1,4-5H2,2H3,(H,7,8). The van der Waals surface area contributed by atoms with Crippen molar-refractivity contribution in [2.75, 3.05) is 6.61 Å². The van der Waals surface area contributed by atoms with Gasteiger partial charge in [-0.15, -0.1) is 6.58 Å². The molecule has 0 unspecified atom stereocenters.